The van der Waals surface area contributed by atoms with Gasteiger partial charge in [-0.2, -0.15) is 0 Å². The molecular weight excluding hydrogens is 173 g/mol. The molecule has 0 saturated heterocycles. The normalized spacial score (nSPS) is 12.6. The Kier molecular flexibility index (Phi) is 4.61. The summed E-state index contributed by atoms with van der Waals surface area (Å²) in [6.45, 7) is 5.43. The Labute approximate surface area is 71.9 Å². The molecule has 0 unspecified atom stereocenters. The summed E-state index contributed by atoms with van der Waals surface area (Å²) >= 11 is 11.4. The van der Waals surface area contributed by atoms with E-state index in [-0.39, 0.29) is 6.73 Å². The fourth-order valence-corrected chi connectivity index (χ4v) is 1.44. The summed E-state index contributed by atoms with van der Waals surface area (Å²) in [7, 11) is 0. The molecule has 10 heavy (non-hydrogen) atoms. The van der Waals surface area contributed by atoms with Crippen molar-refractivity contribution in [3.8, 4) is 0 Å². The van der Waals surface area contributed by atoms with E-state index in [0.29, 0.717) is 4.48 Å². The highest BCUT2D eigenvalue weighted by Crippen LogP contribution is 2.19. The van der Waals surface area contributed by atoms with E-state index in [9.17, 15) is 0 Å². The van der Waals surface area contributed by atoms with Crippen LogP contribution in [0.15, 0.2) is 0 Å². The summed E-state index contributed by atoms with van der Waals surface area (Å²) in [4.78, 5) is -0.528. The van der Waals surface area contributed by atoms with Crippen LogP contribution in [0.4, 0.5) is 0 Å². The van der Waals surface area contributed by atoms with Gasteiger partial charge in [0, 0.05) is 0 Å². The number of aliphatic hydroxyl groups excluding tert-OH is 1. The molecule has 0 rings (SSSR count). The van der Waals surface area contributed by atoms with Gasteiger partial charge in [0.15, 0.2) is 6.73 Å². The van der Waals surface area contributed by atoms with Gasteiger partial charge in [-0.1, -0.05) is 0 Å². The number of quaternary nitrogens is 1. The molecule has 0 aromatic carbocycles. The van der Waals surface area contributed by atoms with Gasteiger partial charge in [-0.05, 0) is 37.0 Å². The third-order valence-corrected chi connectivity index (χ3v) is 2.78. The highest BCUT2D eigenvalue weighted by atomic mass is 35.5. The van der Waals surface area contributed by atoms with Crippen LogP contribution in [0.25, 0.3) is 0 Å². The summed E-state index contributed by atoms with van der Waals surface area (Å²) in [5.74, 6) is 0. The van der Waals surface area contributed by atoms with E-state index in [2.05, 4.69) is 0 Å². The lowest BCUT2D eigenvalue weighted by atomic mass is 10.4. The Hall–Kier alpha value is 0.500. The van der Waals surface area contributed by atoms with E-state index in [1.165, 1.54) is 0 Å². The maximum atomic E-state index is 8.95. The first-order chi connectivity index (χ1) is 4.63. The minimum absolute atomic E-state index is 0.00463. The third-order valence-electron chi connectivity index (χ3n) is 1.96. The minimum Gasteiger partial charge on any atom is -0.347 e. The standard InChI is InChI=1S/C6H14Cl2NO/c1-3-9(4-2,5-10)6(7)8/h6,10H,3-5H2,1-2H3/q+1. The van der Waals surface area contributed by atoms with Crippen molar-refractivity contribution in [3.05, 3.63) is 0 Å². The lowest BCUT2D eigenvalue weighted by molar-refractivity contribution is -0.942. The zero-order valence-electron chi connectivity index (χ0n) is 6.35. The van der Waals surface area contributed by atoms with Gasteiger partial charge in [0.2, 0.25) is 4.96 Å². The lowest BCUT2D eigenvalue weighted by Crippen LogP contribution is -2.51. The molecule has 2 nitrogen and oxygen atoms in total. The van der Waals surface area contributed by atoms with E-state index in [4.69, 9.17) is 28.3 Å². The molecule has 0 atom stereocenters. The maximum Gasteiger partial charge on any atom is 0.243 e. The van der Waals surface area contributed by atoms with Crippen LogP contribution in [0, 0.1) is 0 Å². The van der Waals surface area contributed by atoms with Gasteiger partial charge < -0.3 is 5.11 Å². The number of alkyl halides is 2. The molecular formula is C6H14Cl2NO+. The number of halogens is 2. The first kappa shape index (κ1) is 10.5. The predicted octanol–water partition coefficient (Wildman–Crippen LogP) is 1.55. The summed E-state index contributed by atoms with van der Waals surface area (Å²) in [5.41, 5.74) is 0. The van der Waals surface area contributed by atoms with Crippen molar-refractivity contribution in [2.45, 2.75) is 18.8 Å². The predicted molar refractivity (Wildman–Crippen MR) is 43.9 cm³/mol. The molecule has 0 aliphatic heterocycles. The number of nitrogens with zero attached hydrogens (tertiary/aromatic N) is 1. The SMILES string of the molecule is CC[N+](CC)(CO)C(Cl)Cl. The molecule has 0 heterocycles. The van der Waals surface area contributed by atoms with Crippen LogP contribution in [0.1, 0.15) is 13.8 Å². The van der Waals surface area contributed by atoms with E-state index >= 15 is 0 Å². The second-order valence-electron chi connectivity index (χ2n) is 2.27. The Morgan fingerprint density at radius 2 is 1.70 bits per heavy atom. The first-order valence-corrected chi connectivity index (χ1v) is 4.25. The van der Waals surface area contributed by atoms with E-state index in [1.54, 1.807) is 0 Å². The number of rotatable bonds is 4. The second kappa shape index (κ2) is 4.39. The van der Waals surface area contributed by atoms with Gasteiger partial charge in [0.1, 0.15) is 0 Å². The summed E-state index contributed by atoms with van der Waals surface area (Å²) < 4.78 is 0.350. The topological polar surface area (TPSA) is 20.2 Å². The van der Waals surface area contributed by atoms with Crippen LogP contribution in [-0.4, -0.2) is 34.4 Å². The molecule has 0 radical (unpaired) electrons. The maximum absolute atomic E-state index is 8.95. The Morgan fingerprint density at radius 1 is 1.30 bits per heavy atom. The van der Waals surface area contributed by atoms with Gasteiger partial charge in [0.05, 0.1) is 13.1 Å². The molecule has 0 bridgehead atoms. The monoisotopic (exact) mass is 186 g/mol. The number of aliphatic hydroxyl groups is 1. The Balaban J connectivity index is 4.15. The van der Waals surface area contributed by atoms with Crippen molar-refractivity contribution in [2.24, 2.45) is 0 Å². The Morgan fingerprint density at radius 3 is 1.70 bits per heavy atom. The van der Waals surface area contributed by atoms with Crippen molar-refractivity contribution in [2.75, 3.05) is 19.8 Å². The molecule has 0 aromatic rings. The van der Waals surface area contributed by atoms with Gasteiger partial charge in [-0.15, -0.1) is 0 Å². The van der Waals surface area contributed by atoms with E-state index in [1.807, 2.05) is 13.8 Å². The van der Waals surface area contributed by atoms with Gasteiger partial charge in [-0.3, -0.25) is 4.48 Å². The fourth-order valence-electron chi connectivity index (χ4n) is 0.761. The second-order valence-corrected chi connectivity index (χ2v) is 3.32. The lowest BCUT2D eigenvalue weighted by Gasteiger charge is -2.35. The highest BCUT2D eigenvalue weighted by molar-refractivity contribution is 6.43. The van der Waals surface area contributed by atoms with Gasteiger partial charge in [0.25, 0.3) is 0 Å². The molecule has 0 aromatic heterocycles. The molecule has 4 heteroatoms. The van der Waals surface area contributed by atoms with Crippen LogP contribution in [0.5, 0.6) is 0 Å². The zero-order chi connectivity index (χ0) is 8.20. The number of hydrogen-bond donors (Lipinski definition) is 1. The van der Waals surface area contributed by atoms with Crippen LogP contribution >= 0.6 is 23.2 Å². The van der Waals surface area contributed by atoms with Crippen molar-refractivity contribution >= 4 is 23.2 Å². The highest BCUT2D eigenvalue weighted by Gasteiger charge is 2.29. The number of hydrogen-bond acceptors (Lipinski definition) is 1. The zero-order valence-corrected chi connectivity index (χ0v) is 7.86. The van der Waals surface area contributed by atoms with Crippen molar-refractivity contribution < 1.29 is 9.59 Å². The molecule has 0 aliphatic rings. The van der Waals surface area contributed by atoms with Crippen LogP contribution in [0.3, 0.4) is 0 Å². The molecule has 0 aliphatic carbocycles. The molecule has 0 fully saturated rings. The van der Waals surface area contributed by atoms with Crippen molar-refractivity contribution in [1.82, 2.24) is 0 Å². The van der Waals surface area contributed by atoms with Gasteiger partial charge in [-0.25, -0.2) is 0 Å². The summed E-state index contributed by atoms with van der Waals surface area (Å²) in [6.07, 6.45) is 0. The smallest absolute Gasteiger partial charge is 0.243 e. The molecule has 62 valence electrons. The van der Waals surface area contributed by atoms with E-state index < -0.39 is 4.96 Å². The quantitative estimate of drug-likeness (QED) is 0.306. The molecule has 0 amide bonds. The van der Waals surface area contributed by atoms with Gasteiger partial charge >= 0.3 is 0 Å². The van der Waals surface area contributed by atoms with Crippen molar-refractivity contribution in [1.29, 1.82) is 0 Å². The molecule has 1 N–H and O–H groups in total. The molecule has 0 saturated carbocycles. The largest absolute Gasteiger partial charge is 0.347 e. The third kappa shape index (κ3) is 1.99. The van der Waals surface area contributed by atoms with Crippen molar-refractivity contribution in [3.63, 3.8) is 0 Å². The van der Waals surface area contributed by atoms with Crippen LogP contribution in [-0.2, 0) is 0 Å². The fraction of sp³-hybridized carbons (Fsp3) is 1.00. The van der Waals surface area contributed by atoms with Crippen LogP contribution in [0.2, 0.25) is 0 Å². The average Bonchev–Trinajstić information content (AvgIpc) is 1.92. The first-order valence-electron chi connectivity index (χ1n) is 3.37. The summed E-state index contributed by atoms with van der Waals surface area (Å²) in [5, 5.41) is 8.95. The van der Waals surface area contributed by atoms with E-state index in [0.717, 1.165) is 13.1 Å². The summed E-state index contributed by atoms with van der Waals surface area (Å²) in [6, 6.07) is 0. The average molecular weight is 187 g/mol. The van der Waals surface area contributed by atoms with Crippen LogP contribution < -0.4 is 0 Å². The Bertz CT molecular complexity index is 85.5. The minimum atomic E-state index is -0.528. The molecule has 0 spiro atoms.